The molecule has 0 spiro atoms. The third-order valence-corrected chi connectivity index (χ3v) is 2.69. The highest BCUT2D eigenvalue weighted by atomic mass is 32.1. The molecule has 0 aliphatic carbocycles. The summed E-state index contributed by atoms with van der Waals surface area (Å²) in [6.07, 6.45) is 0. The summed E-state index contributed by atoms with van der Waals surface area (Å²) in [7, 11) is 0. The van der Waals surface area contributed by atoms with Crippen molar-refractivity contribution in [3.63, 3.8) is 0 Å². The molecule has 1 heterocycles. The fourth-order valence-electron chi connectivity index (χ4n) is 0.891. The highest BCUT2D eigenvalue weighted by Gasteiger charge is 2.12. The Balaban J connectivity index is 2.78. The van der Waals surface area contributed by atoms with Gasteiger partial charge in [-0.2, -0.15) is 11.3 Å². The van der Waals surface area contributed by atoms with Gasteiger partial charge in [-0.25, -0.2) is 4.79 Å². The lowest BCUT2D eigenvalue weighted by molar-refractivity contribution is -0.133. The lowest BCUT2D eigenvalue weighted by atomic mass is 10.1. The number of thiophene rings is 1. The number of carboxylic acids is 1. The van der Waals surface area contributed by atoms with Crippen molar-refractivity contribution in [1.82, 2.24) is 0 Å². The Labute approximate surface area is 91.2 Å². The minimum Gasteiger partial charge on any atom is -0.478 e. The van der Waals surface area contributed by atoms with E-state index in [0.29, 0.717) is 5.69 Å². The number of hydrogen-bond acceptors (Lipinski definition) is 3. The first kappa shape index (κ1) is 11.5. The number of carbonyl (C=O) groups excluding carboxylic acids is 1. The zero-order valence-electron chi connectivity index (χ0n) is 8.40. The molecule has 0 fully saturated rings. The quantitative estimate of drug-likeness (QED) is 0.774. The SMILES string of the molecule is CC(C(=O)O)=C(C)C(=O)Nc1ccsc1. The maximum Gasteiger partial charge on any atom is 0.331 e. The second-order valence-electron chi connectivity index (χ2n) is 3.02. The summed E-state index contributed by atoms with van der Waals surface area (Å²) in [6, 6.07) is 1.76. The minimum atomic E-state index is -1.08. The summed E-state index contributed by atoms with van der Waals surface area (Å²) in [5, 5.41) is 14.9. The minimum absolute atomic E-state index is 0.0581. The van der Waals surface area contributed by atoms with E-state index in [0.717, 1.165) is 0 Å². The Morgan fingerprint density at radius 2 is 2.00 bits per heavy atom. The van der Waals surface area contributed by atoms with Crippen LogP contribution in [0.5, 0.6) is 0 Å². The molecule has 0 atom stereocenters. The van der Waals surface area contributed by atoms with Crippen molar-refractivity contribution >= 4 is 28.9 Å². The van der Waals surface area contributed by atoms with Crippen LogP contribution in [0.15, 0.2) is 28.0 Å². The number of hydrogen-bond donors (Lipinski definition) is 2. The molecule has 15 heavy (non-hydrogen) atoms. The summed E-state index contributed by atoms with van der Waals surface area (Å²) in [5.41, 5.74) is 0.957. The van der Waals surface area contributed by atoms with Crippen molar-refractivity contribution in [3.8, 4) is 0 Å². The molecule has 0 aromatic carbocycles. The Kier molecular flexibility index (Phi) is 3.62. The van der Waals surface area contributed by atoms with Crippen LogP contribution >= 0.6 is 11.3 Å². The summed E-state index contributed by atoms with van der Waals surface area (Å²) in [5.74, 6) is -1.46. The van der Waals surface area contributed by atoms with Gasteiger partial charge >= 0.3 is 5.97 Å². The van der Waals surface area contributed by atoms with Gasteiger partial charge in [0.05, 0.1) is 5.69 Å². The number of carbonyl (C=O) groups is 2. The monoisotopic (exact) mass is 225 g/mol. The van der Waals surface area contributed by atoms with Gasteiger partial charge in [0.25, 0.3) is 5.91 Å². The third kappa shape index (κ3) is 2.92. The van der Waals surface area contributed by atoms with E-state index in [1.807, 2.05) is 5.38 Å². The lowest BCUT2D eigenvalue weighted by Gasteiger charge is -2.04. The molecule has 0 saturated carbocycles. The van der Waals surface area contributed by atoms with Crippen molar-refractivity contribution in [2.45, 2.75) is 13.8 Å². The van der Waals surface area contributed by atoms with E-state index in [2.05, 4.69) is 5.32 Å². The van der Waals surface area contributed by atoms with E-state index in [1.165, 1.54) is 25.2 Å². The number of carboxylic acid groups (broad SMARTS) is 1. The van der Waals surface area contributed by atoms with E-state index in [9.17, 15) is 9.59 Å². The number of rotatable bonds is 3. The van der Waals surface area contributed by atoms with Gasteiger partial charge < -0.3 is 10.4 Å². The molecular weight excluding hydrogens is 214 g/mol. The molecule has 0 unspecified atom stereocenters. The normalized spacial score (nSPS) is 11.9. The predicted molar refractivity (Wildman–Crippen MR) is 59.0 cm³/mol. The Hall–Kier alpha value is -1.62. The fraction of sp³-hybridized carbons (Fsp3) is 0.200. The van der Waals surface area contributed by atoms with E-state index < -0.39 is 5.97 Å². The molecule has 2 N–H and O–H groups in total. The molecule has 4 nitrogen and oxygen atoms in total. The molecule has 1 rings (SSSR count). The summed E-state index contributed by atoms with van der Waals surface area (Å²) >= 11 is 1.46. The zero-order valence-corrected chi connectivity index (χ0v) is 9.22. The van der Waals surface area contributed by atoms with Gasteiger partial charge in [-0.15, -0.1) is 0 Å². The highest BCUT2D eigenvalue weighted by Crippen LogP contribution is 2.14. The third-order valence-electron chi connectivity index (χ3n) is 2.00. The Bertz CT molecular complexity index is 406. The summed E-state index contributed by atoms with van der Waals surface area (Å²) in [6.45, 7) is 2.90. The molecule has 0 bridgehead atoms. The van der Waals surface area contributed by atoms with Gasteiger partial charge in [0.1, 0.15) is 0 Å². The number of amides is 1. The standard InChI is InChI=1S/C10H11NO3S/c1-6(7(2)10(13)14)9(12)11-8-3-4-15-5-8/h3-5H,1-2H3,(H,11,12)(H,13,14). The van der Waals surface area contributed by atoms with Crippen molar-refractivity contribution in [2.24, 2.45) is 0 Å². The largest absolute Gasteiger partial charge is 0.478 e. The van der Waals surface area contributed by atoms with Crippen molar-refractivity contribution in [3.05, 3.63) is 28.0 Å². The van der Waals surface area contributed by atoms with Crippen molar-refractivity contribution in [2.75, 3.05) is 5.32 Å². The number of anilines is 1. The van der Waals surface area contributed by atoms with Crippen molar-refractivity contribution in [1.29, 1.82) is 0 Å². The number of nitrogens with one attached hydrogen (secondary N) is 1. The summed E-state index contributed by atoms with van der Waals surface area (Å²) in [4.78, 5) is 22.1. The average molecular weight is 225 g/mol. The molecule has 80 valence electrons. The zero-order chi connectivity index (χ0) is 11.4. The van der Waals surface area contributed by atoms with Crippen LogP contribution in [-0.4, -0.2) is 17.0 Å². The van der Waals surface area contributed by atoms with E-state index >= 15 is 0 Å². The predicted octanol–water partition coefficient (Wildman–Crippen LogP) is 2.11. The molecule has 0 aliphatic heterocycles. The van der Waals surface area contributed by atoms with Crippen LogP contribution in [0, 0.1) is 0 Å². The van der Waals surface area contributed by atoms with Gasteiger partial charge in [-0.1, -0.05) is 0 Å². The smallest absolute Gasteiger partial charge is 0.331 e. The number of aliphatic carboxylic acids is 1. The fourth-order valence-corrected chi connectivity index (χ4v) is 1.48. The average Bonchev–Trinajstić information content (AvgIpc) is 2.67. The summed E-state index contributed by atoms with van der Waals surface area (Å²) < 4.78 is 0. The second-order valence-corrected chi connectivity index (χ2v) is 3.80. The van der Waals surface area contributed by atoms with E-state index in [4.69, 9.17) is 5.11 Å². The molecule has 5 heteroatoms. The first-order valence-corrected chi connectivity index (χ1v) is 5.21. The van der Waals surface area contributed by atoms with Crippen LogP contribution in [-0.2, 0) is 9.59 Å². The molecule has 1 amide bonds. The molecule has 0 saturated heterocycles. The van der Waals surface area contributed by atoms with Gasteiger partial charge in [0, 0.05) is 16.5 Å². The van der Waals surface area contributed by atoms with Crippen LogP contribution in [0.1, 0.15) is 13.8 Å². The maximum absolute atomic E-state index is 11.5. The Morgan fingerprint density at radius 3 is 2.47 bits per heavy atom. The van der Waals surface area contributed by atoms with Crippen LogP contribution < -0.4 is 5.32 Å². The molecule has 1 aromatic heterocycles. The maximum atomic E-state index is 11.5. The van der Waals surface area contributed by atoms with Gasteiger partial charge in [-0.3, -0.25) is 4.79 Å². The molecule has 0 radical (unpaired) electrons. The van der Waals surface area contributed by atoms with Gasteiger partial charge in [-0.05, 0) is 25.3 Å². The second kappa shape index (κ2) is 4.75. The van der Waals surface area contributed by atoms with Gasteiger partial charge in [0.2, 0.25) is 0 Å². The first-order valence-electron chi connectivity index (χ1n) is 4.26. The lowest BCUT2D eigenvalue weighted by Crippen LogP contribution is -2.15. The van der Waals surface area contributed by atoms with Crippen LogP contribution in [0.4, 0.5) is 5.69 Å². The topological polar surface area (TPSA) is 66.4 Å². The Morgan fingerprint density at radius 1 is 1.33 bits per heavy atom. The van der Waals surface area contributed by atoms with Crippen molar-refractivity contribution < 1.29 is 14.7 Å². The van der Waals surface area contributed by atoms with Crippen LogP contribution in [0.25, 0.3) is 0 Å². The van der Waals surface area contributed by atoms with Gasteiger partial charge in [0.15, 0.2) is 0 Å². The molecule has 1 aromatic rings. The first-order chi connectivity index (χ1) is 7.02. The van der Waals surface area contributed by atoms with E-state index in [1.54, 1.807) is 11.4 Å². The molecule has 0 aliphatic rings. The highest BCUT2D eigenvalue weighted by molar-refractivity contribution is 7.08. The van der Waals surface area contributed by atoms with Crippen LogP contribution in [0.2, 0.25) is 0 Å². The van der Waals surface area contributed by atoms with Crippen LogP contribution in [0.3, 0.4) is 0 Å². The van der Waals surface area contributed by atoms with E-state index in [-0.39, 0.29) is 17.1 Å². The molecular formula is C10H11NO3S.